The fourth-order valence-electron chi connectivity index (χ4n) is 4.10. The SMILES string of the molecule is COc1cc(F)c2c3c1OC1C[C@@H](O)C=C[C@@]31CCN(C)C2. The minimum absolute atomic E-state index is 0.163. The molecule has 0 bridgehead atoms. The normalized spacial score (nSPS) is 32.9. The van der Waals surface area contributed by atoms with Crippen LogP contribution in [0.25, 0.3) is 0 Å². The first-order valence-electron chi connectivity index (χ1n) is 7.67. The molecule has 0 amide bonds. The molecule has 0 saturated carbocycles. The fourth-order valence-corrected chi connectivity index (χ4v) is 4.10. The van der Waals surface area contributed by atoms with Gasteiger partial charge in [-0.1, -0.05) is 12.2 Å². The lowest BCUT2D eigenvalue weighted by Gasteiger charge is -2.35. The van der Waals surface area contributed by atoms with Crippen molar-refractivity contribution in [3.8, 4) is 11.5 Å². The molecule has 4 nitrogen and oxygen atoms in total. The molecular formula is C17H20FNO3. The van der Waals surface area contributed by atoms with E-state index in [0.29, 0.717) is 30.0 Å². The average Bonchev–Trinajstić information content (AvgIpc) is 2.74. The van der Waals surface area contributed by atoms with Crippen LogP contribution in [0.2, 0.25) is 0 Å². The molecule has 2 heterocycles. The zero-order chi connectivity index (χ0) is 15.5. The van der Waals surface area contributed by atoms with Gasteiger partial charge in [-0.05, 0) is 20.0 Å². The molecule has 0 radical (unpaired) electrons. The van der Waals surface area contributed by atoms with Crippen molar-refractivity contribution in [1.82, 2.24) is 4.90 Å². The van der Waals surface area contributed by atoms with Gasteiger partial charge in [-0.25, -0.2) is 4.39 Å². The summed E-state index contributed by atoms with van der Waals surface area (Å²) in [5, 5.41) is 9.95. The van der Waals surface area contributed by atoms with Crippen molar-refractivity contribution in [2.24, 2.45) is 0 Å². The second-order valence-electron chi connectivity index (χ2n) is 6.54. The highest BCUT2D eigenvalue weighted by Gasteiger charge is 2.53. The van der Waals surface area contributed by atoms with Crippen LogP contribution in [0, 0.1) is 5.82 Å². The number of methoxy groups -OCH3 is 1. The largest absolute Gasteiger partial charge is 0.493 e. The molecule has 3 atom stereocenters. The van der Waals surface area contributed by atoms with Crippen LogP contribution in [0.15, 0.2) is 18.2 Å². The van der Waals surface area contributed by atoms with E-state index in [9.17, 15) is 9.50 Å². The molecule has 1 spiro atoms. The van der Waals surface area contributed by atoms with Crippen LogP contribution >= 0.6 is 0 Å². The van der Waals surface area contributed by atoms with Crippen molar-refractivity contribution in [2.45, 2.75) is 37.0 Å². The van der Waals surface area contributed by atoms with Crippen LogP contribution in [0.3, 0.4) is 0 Å². The molecule has 1 aromatic rings. The molecule has 1 N–H and O–H groups in total. The Morgan fingerprint density at radius 3 is 3.09 bits per heavy atom. The zero-order valence-corrected chi connectivity index (χ0v) is 12.8. The molecule has 0 saturated heterocycles. The predicted octanol–water partition coefficient (Wildman–Crippen LogP) is 1.99. The van der Waals surface area contributed by atoms with Crippen LogP contribution < -0.4 is 9.47 Å². The Hall–Kier alpha value is -1.59. The van der Waals surface area contributed by atoms with Gasteiger partial charge in [-0.15, -0.1) is 0 Å². The Morgan fingerprint density at radius 2 is 2.32 bits per heavy atom. The number of hydrogen-bond donors (Lipinski definition) is 1. The van der Waals surface area contributed by atoms with Gasteiger partial charge in [-0.3, -0.25) is 0 Å². The lowest BCUT2D eigenvalue weighted by Crippen LogP contribution is -2.42. The number of aliphatic hydroxyl groups excluding tert-OH is 1. The molecule has 0 fully saturated rings. The Labute approximate surface area is 129 Å². The van der Waals surface area contributed by atoms with Gasteiger partial charge in [-0.2, -0.15) is 0 Å². The van der Waals surface area contributed by atoms with Crippen LogP contribution in [0.5, 0.6) is 11.5 Å². The van der Waals surface area contributed by atoms with E-state index in [0.717, 1.165) is 18.5 Å². The maximum Gasteiger partial charge on any atom is 0.166 e. The third kappa shape index (κ3) is 1.75. The summed E-state index contributed by atoms with van der Waals surface area (Å²) in [5.74, 6) is 0.850. The number of hydrogen-bond acceptors (Lipinski definition) is 4. The second-order valence-corrected chi connectivity index (χ2v) is 6.54. The third-order valence-corrected chi connectivity index (χ3v) is 5.23. The molecule has 1 aromatic carbocycles. The quantitative estimate of drug-likeness (QED) is 0.806. The fraction of sp³-hybridized carbons (Fsp3) is 0.529. The van der Waals surface area contributed by atoms with Crippen molar-refractivity contribution in [3.63, 3.8) is 0 Å². The van der Waals surface area contributed by atoms with Gasteiger partial charge in [0.25, 0.3) is 0 Å². The van der Waals surface area contributed by atoms with Crippen molar-refractivity contribution < 1.29 is 19.0 Å². The molecule has 22 heavy (non-hydrogen) atoms. The third-order valence-electron chi connectivity index (χ3n) is 5.23. The molecule has 2 aliphatic heterocycles. The smallest absolute Gasteiger partial charge is 0.166 e. The number of ether oxygens (including phenoxy) is 2. The molecule has 1 unspecified atom stereocenters. The predicted molar refractivity (Wildman–Crippen MR) is 79.8 cm³/mol. The Kier molecular flexibility index (Phi) is 3.00. The summed E-state index contributed by atoms with van der Waals surface area (Å²) in [6.45, 7) is 1.42. The molecule has 5 heteroatoms. The number of aliphatic hydroxyl groups is 1. The van der Waals surface area contributed by atoms with E-state index >= 15 is 0 Å². The van der Waals surface area contributed by atoms with E-state index in [4.69, 9.17) is 9.47 Å². The van der Waals surface area contributed by atoms with Gasteiger partial charge in [0.15, 0.2) is 11.5 Å². The first-order valence-corrected chi connectivity index (χ1v) is 7.67. The molecular weight excluding hydrogens is 285 g/mol. The molecule has 4 rings (SSSR count). The van der Waals surface area contributed by atoms with E-state index in [2.05, 4.69) is 4.90 Å². The summed E-state index contributed by atoms with van der Waals surface area (Å²) in [6.07, 6.45) is 4.55. The van der Waals surface area contributed by atoms with E-state index in [1.807, 2.05) is 19.2 Å². The monoisotopic (exact) mass is 305 g/mol. The summed E-state index contributed by atoms with van der Waals surface area (Å²) >= 11 is 0. The summed E-state index contributed by atoms with van der Waals surface area (Å²) in [5.41, 5.74) is 1.26. The summed E-state index contributed by atoms with van der Waals surface area (Å²) < 4.78 is 26.1. The first-order chi connectivity index (χ1) is 10.5. The standard InChI is InChI=1S/C17H20FNO3/c1-19-6-5-17-4-3-10(20)7-14(17)22-16-13(21-2)8-12(18)11(9-19)15(16)17/h3-4,8,10,14,20H,5-7,9H2,1-2H3/t10-,14?,17-/m0/s1. The van der Waals surface area contributed by atoms with Crippen molar-refractivity contribution in [3.05, 3.63) is 35.2 Å². The zero-order valence-electron chi connectivity index (χ0n) is 12.8. The topological polar surface area (TPSA) is 41.9 Å². The summed E-state index contributed by atoms with van der Waals surface area (Å²) in [4.78, 5) is 2.13. The maximum atomic E-state index is 14.7. The molecule has 3 aliphatic rings. The lowest BCUT2D eigenvalue weighted by molar-refractivity contribution is 0.0821. The Balaban J connectivity index is 2.00. The Bertz CT molecular complexity index is 660. The highest BCUT2D eigenvalue weighted by molar-refractivity contribution is 5.61. The highest BCUT2D eigenvalue weighted by atomic mass is 19.1. The lowest BCUT2D eigenvalue weighted by atomic mass is 9.69. The minimum atomic E-state index is -0.509. The van der Waals surface area contributed by atoms with Crippen LogP contribution in [0.4, 0.5) is 4.39 Å². The number of halogens is 1. The van der Waals surface area contributed by atoms with Gasteiger partial charge < -0.3 is 19.5 Å². The minimum Gasteiger partial charge on any atom is -0.493 e. The molecule has 118 valence electrons. The molecule has 0 aromatic heterocycles. The van der Waals surface area contributed by atoms with Crippen LogP contribution in [0.1, 0.15) is 24.0 Å². The average molecular weight is 305 g/mol. The van der Waals surface area contributed by atoms with Crippen LogP contribution in [-0.2, 0) is 12.0 Å². The summed E-state index contributed by atoms with van der Waals surface area (Å²) in [6, 6.07) is 1.42. The van der Waals surface area contributed by atoms with Crippen LogP contribution in [-0.4, -0.2) is 42.9 Å². The highest BCUT2D eigenvalue weighted by Crippen LogP contribution is 2.56. The van der Waals surface area contributed by atoms with E-state index in [-0.39, 0.29) is 17.3 Å². The van der Waals surface area contributed by atoms with E-state index < -0.39 is 6.10 Å². The van der Waals surface area contributed by atoms with Gasteiger partial charge in [0.05, 0.1) is 18.6 Å². The maximum absolute atomic E-state index is 14.7. The second kappa shape index (κ2) is 4.70. The number of benzene rings is 1. The van der Waals surface area contributed by atoms with Gasteiger partial charge in [0.1, 0.15) is 11.9 Å². The van der Waals surface area contributed by atoms with Gasteiger partial charge >= 0.3 is 0 Å². The van der Waals surface area contributed by atoms with Crippen molar-refractivity contribution in [2.75, 3.05) is 20.7 Å². The van der Waals surface area contributed by atoms with E-state index in [1.165, 1.54) is 13.2 Å². The van der Waals surface area contributed by atoms with Gasteiger partial charge in [0.2, 0.25) is 0 Å². The number of nitrogens with zero attached hydrogens (tertiary/aromatic N) is 1. The number of rotatable bonds is 1. The summed E-state index contributed by atoms with van der Waals surface area (Å²) in [7, 11) is 3.54. The Morgan fingerprint density at radius 1 is 1.50 bits per heavy atom. The van der Waals surface area contributed by atoms with Gasteiger partial charge in [0, 0.05) is 30.2 Å². The van der Waals surface area contributed by atoms with E-state index in [1.54, 1.807) is 0 Å². The van der Waals surface area contributed by atoms with Crippen molar-refractivity contribution in [1.29, 1.82) is 0 Å². The van der Waals surface area contributed by atoms with Crippen molar-refractivity contribution >= 4 is 0 Å². The first kappa shape index (κ1) is 14.0. The molecule has 1 aliphatic carbocycles.